The largest absolute Gasteiger partial charge is 0.318 e. The van der Waals surface area contributed by atoms with Gasteiger partial charge >= 0.3 is 0 Å². The third-order valence-electron chi connectivity index (χ3n) is 3.24. The molecule has 0 spiro atoms. The number of halogens is 2. The van der Waals surface area contributed by atoms with Crippen molar-refractivity contribution in [2.24, 2.45) is 0 Å². The van der Waals surface area contributed by atoms with Crippen molar-refractivity contribution in [3.8, 4) is 0 Å². The Morgan fingerprint density at radius 3 is 2.89 bits per heavy atom. The zero-order valence-electron chi connectivity index (χ0n) is 10.6. The average molecular weight is 307 g/mol. The Balaban J connectivity index is 2.36. The monoisotopic (exact) mass is 306 g/mol. The molecular formula is C12H16ClFN2O2S. The fourth-order valence-electron chi connectivity index (χ4n) is 2.38. The Kier molecular flexibility index (Phi) is 4.45. The summed E-state index contributed by atoms with van der Waals surface area (Å²) in [5.41, 5.74) is 0. The maximum atomic E-state index is 13.8. The summed E-state index contributed by atoms with van der Waals surface area (Å²) in [4.78, 5) is -0.306. The Morgan fingerprint density at radius 2 is 2.26 bits per heavy atom. The van der Waals surface area contributed by atoms with Crippen LogP contribution in [0.1, 0.15) is 12.8 Å². The maximum absolute atomic E-state index is 13.8. The molecule has 0 amide bonds. The van der Waals surface area contributed by atoms with Crippen LogP contribution >= 0.6 is 11.6 Å². The number of hydrogen-bond donors (Lipinski definition) is 1. The van der Waals surface area contributed by atoms with Crippen molar-refractivity contribution >= 4 is 21.6 Å². The van der Waals surface area contributed by atoms with Crippen LogP contribution in [-0.4, -0.2) is 38.9 Å². The van der Waals surface area contributed by atoms with Crippen molar-refractivity contribution in [2.75, 3.05) is 20.1 Å². The molecule has 1 aliphatic rings. The molecule has 1 fully saturated rings. The normalized spacial score (nSPS) is 20.9. The van der Waals surface area contributed by atoms with Crippen LogP contribution in [0.25, 0.3) is 0 Å². The lowest BCUT2D eigenvalue weighted by Gasteiger charge is -2.24. The van der Waals surface area contributed by atoms with Gasteiger partial charge in [0.15, 0.2) is 0 Å². The Morgan fingerprint density at radius 1 is 1.53 bits per heavy atom. The summed E-state index contributed by atoms with van der Waals surface area (Å²) in [7, 11) is -2.03. The van der Waals surface area contributed by atoms with Crippen LogP contribution in [0.3, 0.4) is 0 Å². The molecule has 1 N–H and O–H groups in total. The van der Waals surface area contributed by atoms with Gasteiger partial charge in [-0.1, -0.05) is 11.6 Å². The molecule has 1 saturated heterocycles. The van der Waals surface area contributed by atoms with Crippen molar-refractivity contribution in [1.29, 1.82) is 0 Å². The molecule has 1 aromatic carbocycles. The van der Waals surface area contributed by atoms with E-state index in [0.717, 1.165) is 18.9 Å². The van der Waals surface area contributed by atoms with Gasteiger partial charge in [-0.25, -0.2) is 12.8 Å². The quantitative estimate of drug-likeness (QED) is 0.923. The Hall–Kier alpha value is -0.690. The molecule has 1 heterocycles. The molecule has 106 valence electrons. The highest BCUT2D eigenvalue weighted by molar-refractivity contribution is 7.89. The van der Waals surface area contributed by atoms with Gasteiger partial charge in [0.1, 0.15) is 10.7 Å². The fraction of sp³-hybridized carbons (Fsp3) is 0.500. The van der Waals surface area contributed by atoms with Crippen LogP contribution < -0.4 is 5.32 Å². The van der Waals surface area contributed by atoms with Gasteiger partial charge in [0, 0.05) is 24.2 Å². The standard InChI is InChI=1S/C12H16ClFN2O2S/c1-15-8-10-3-2-6-16(10)19(17,18)12-5-4-9(13)7-11(12)14/h4-5,7,10,15H,2-3,6,8H2,1H3. The van der Waals surface area contributed by atoms with E-state index >= 15 is 0 Å². The van der Waals surface area contributed by atoms with Gasteiger partial charge in [-0.3, -0.25) is 0 Å². The van der Waals surface area contributed by atoms with Gasteiger partial charge in [0.2, 0.25) is 10.0 Å². The average Bonchev–Trinajstić information content (AvgIpc) is 2.78. The van der Waals surface area contributed by atoms with Gasteiger partial charge in [-0.05, 0) is 38.1 Å². The van der Waals surface area contributed by atoms with E-state index in [1.807, 2.05) is 0 Å². The minimum atomic E-state index is -3.80. The molecule has 0 aliphatic carbocycles. The van der Waals surface area contributed by atoms with Gasteiger partial charge in [0.05, 0.1) is 0 Å². The predicted molar refractivity (Wildman–Crippen MR) is 72.3 cm³/mol. The SMILES string of the molecule is CNCC1CCCN1S(=O)(=O)c1ccc(Cl)cc1F. The third kappa shape index (κ3) is 2.91. The first-order chi connectivity index (χ1) is 8.96. The predicted octanol–water partition coefficient (Wildman–Crippen LogP) is 1.85. The van der Waals surface area contributed by atoms with Gasteiger partial charge in [0.25, 0.3) is 0 Å². The van der Waals surface area contributed by atoms with E-state index in [4.69, 9.17) is 11.6 Å². The molecule has 1 atom stereocenters. The number of rotatable bonds is 4. The molecule has 0 bridgehead atoms. The van der Waals surface area contributed by atoms with Crippen LogP contribution in [0.4, 0.5) is 4.39 Å². The van der Waals surface area contributed by atoms with E-state index in [-0.39, 0.29) is 16.0 Å². The zero-order chi connectivity index (χ0) is 14.0. The van der Waals surface area contributed by atoms with Crippen molar-refractivity contribution in [2.45, 2.75) is 23.8 Å². The number of hydrogen-bond acceptors (Lipinski definition) is 3. The van der Waals surface area contributed by atoms with Crippen LogP contribution in [0.2, 0.25) is 5.02 Å². The summed E-state index contributed by atoms with van der Waals surface area (Å²) in [5.74, 6) is -0.803. The van der Waals surface area contributed by atoms with E-state index in [0.29, 0.717) is 13.1 Å². The second-order valence-corrected chi connectivity index (χ2v) is 6.84. The van der Waals surface area contributed by atoms with Gasteiger partial charge in [-0.2, -0.15) is 4.31 Å². The van der Waals surface area contributed by atoms with Crippen molar-refractivity contribution < 1.29 is 12.8 Å². The van der Waals surface area contributed by atoms with Crippen LogP contribution in [-0.2, 0) is 10.0 Å². The molecule has 1 aromatic rings. The highest BCUT2D eigenvalue weighted by Gasteiger charge is 2.36. The number of nitrogens with zero attached hydrogens (tertiary/aromatic N) is 1. The number of nitrogens with one attached hydrogen (secondary N) is 1. The van der Waals surface area contributed by atoms with Crippen molar-refractivity contribution in [3.63, 3.8) is 0 Å². The molecule has 1 unspecified atom stereocenters. The maximum Gasteiger partial charge on any atom is 0.246 e. The summed E-state index contributed by atoms with van der Waals surface area (Å²) in [6, 6.07) is 3.52. The highest BCUT2D eigenvalue weighted by atomic mass is 35.5. The van der Waals surface area contributed by atoms with Gasteiger partial charge < -0.3 is 5.32 Å². The summed E-state index contributed by atoms with van der Waals surface area (Å²) < 4.78 is 40.1. The van der Waals surface area contributed by atoms with Crippen LogP contribution in [0.5, 0.6) is 0 Å². The smallest absolute Gasteiger partial charge is 0.246 e. The lowest BCUT2D eigenvalue weighted by atomic mass is 10.2. The first kappa shape index (κ1) is 14.7. The molecule has 0 aromatic heterocycles. The van der Waals surface area contributed by atoms with E-state index in [2.05, 4.69) is 5.32 Å². The number of likely N-dealkylation sites (N-methyl/N-ethyl adjacent to an activating group) is 1. The minimum absolute atomic E-state index is 0.120. The molecule has 4 nitrogen and oxygen atoms in total. The molecule has 7 heteroatoms. The second-order valence-electron chi connectivity index (χ2n) is 4.54. The lowest BCUT2D eigenvalue weighted by molar-refractivity contribution is 0.377. The zero-order valence-corrected chi connectivity index (χ0v) is 12.1. The fourth-order valence-corrected chi connectivity index (χ4v) is 4.27. The molecule has 19 heavy (non-hydrogen) atoms. The minimum Gasteiger partial charge on any atom is -0.318 e. The topological polar surface area (TPSA) is 49.4 Å². The van der Waals surface area contributed by atoms with Crippen molar-refractivity contribution in [1.82, 2.24) is 9.62 Å². The molecule has 0 saturated carbocycles. The van der Waals surface area contributed by atoms with E-state index < -0.39 is 15.8 Å². The van der Waals surface area contributed by atoms with Crippen molar-refractivity contribution in [3.05, 3.63) is 29.0 Å². The van der Waals surface area contributed by atoms with E-state index in [1.54, 1.807) is 7.05 Å². The van der Waals surface area contributed by atoms with E-state index in [9.17, 15) is 12.8 Å². The second kappa shape index (κ2) is 5.75. The third-order valence-corrected chi connectivity index (χ3v) is 5.46. The summed E-state index contributed by atoms with van der Waals surface area (Å²) in [5, 5.41) is 3.15. The lowest BCUT2D eigenvalue weighted by Crippen LogP contribution is -2.41. The summed E-state index contributed by atoms with van der Waals surface area (Å²) >= 11 is 5.65. The van der Waals surface area contributed by atoms with Gasteiger partial charge in [-0.15, -0.1) is 0 Å². The Labute approximate surface area is 117 Å². The first-order valence-corrected chi connectivity index (χ1v) is 7.90. The molecular weight excluding hydrogens is 291 g/mol. The molecule has 2 rings (SSSR count). The van der Waals surface area contributed by atoms with Crippen LogP contribution in [0.15, 0.2) is 23.1 Å². The summed E-state index contributed by atoms with van der Waals surface area (Å²) in [6.07, 6.45) is 1.58. The molecule has 1 aliphatic heterocycles. The summed E-state index contributed by atoms with van der Waals surface area (Å²) in [6.45, 7) is 0.991. The number of sulfonamides is 1. The number of benzene rings is 1. The highest BCUT2D eigenvalue weighted by Crippen LogP contribution is 2.28. The van der Waals surface area contributed by atoms with Crippen LogP contribution in [0, 0.1) is 5.82 Å². The van der Waals surface area contributed by atoms with E-state index in [1.165, 1.54) is 16.4 Å². The first-order valence-electron chi connectivity index (χ1n) is 6.08. The molecule has 0 radical (unpaired) electrons. The Bertz CT molecular complexity index is 565.